The van der Waals surface area contributed by atoms with Crippen molar-refractivity contribution in [2.75, 3.05) is 24.5 Å². The van der Waals surface area contributed by atoms with Gasteiger partial charge in [-0.2, -0.15) is 0 Å². The molecule has 1 saturated heterocycles. The first-order chi connectivity index (χ1) is 12.6. The minimum absolute atomic E-state index is 0.00498. The van der Waals surface area contributed by atoms with Gasteiger partial charge in [-0.15, -0.1) is 0 Å². The normalized spacial score (nSPS) is 19.0. The van der Waals surface area contributed by atoms with Crippen molar-refractivity contribution >= 4 is 28.7 Å². The molecule has 0 radical (unpaired) electrons. The number of hydrogen-bond donors (Lipinski definition) is 4. The number of aromatic nitrogens is 1. The Morgan fingerprint density at radius 2 is 2.27 bits per heavy atom. The molecule has 3 rings (SSSR count). The third kappa shape index (κ3) is 4.07. The molecule has 1 aliphatic heterocycles. The van der Waals surface area contributed by atoms with Crippen molar-refractivity contribution in [2.24, 2.45) is 5.92 Å². The highest BCUT2D eigenvalue weighted by atomic mass is 16.1. The molecular formula is C20H27N5O. The maximum absolute atomic E-state index is 11.8. The van der Waals surface area contributed by atoms with Crippen LogP contribution in [0, 0.1) is 11.3 Å². The Balaban J connectivity index is 1.74. The molecule has 6 nitrogen and oxygen atoms in total. The van der Waals surface area contributed by atoms with Crippen LogP contribution in [-0.4, -0.2) is 42.8 Å². The molecule has 1 fully saturated rings. The largest absolute Gasteiger partial charge is 0.382 e. The molecule has 0 saturated carbocycles. The van der Waals surface area contributed by atoms with Gasteiger partial charge >= 0.3 is 0 Å². The molecule has 1 aromatic heterocycles. The van der Waals surface area contributed by atoms with Gasteiger partial charge in [0.2, 0.25) is 5.91 Å². The minimum atomic E-state index is 0.00498. The molecule has 1 atom stereocenters. The van der Waals surface area contributed by atoms with Gasteiger partial charge in [0.25, 0.3) is 0 Å². The minimum Gasteiger partial charge on any atom is -0.382 e. The van der Waals surface area contributed by atoms with Gasteiger partial charge < -0.3 is 25.9 Å². The lowest BCUT2D eigenvalue weighted by molar-refractivity contribution is -0.123. The smallest absolute Gasteiger partial charge is 0.222 e. The molecule has 1 aromatic carbocycles. The summed E-state index contributed by atoms with van der Waals surface area (Å²) in [6.07, 6.45) is 5.93. The number of amides is 1. The number of rotatable bonds is 6. The predicted octanol–water partition coefficient (Wildman–Crippen LogP) is 2.64. The van der Waals surface area contributed by atoms with Crippen LogP contribution in [0.5, 0.6) is 0 Å². The zero-order valence-electron chi connectivity index (χ0n) is 15.4. The highest BCUT2D eigenvalue weighted by Gasteiger charge is 2.23. The van der Waals surface area contributed by atoms with Gasteiger partial charge in [-0.25, -0.2) is 0 Å². The monoisotopic (exact) mass is 353 g/mol. The predicted molar refractivity (Wildman–Crippen MR) is 107 cm³/mol. The van der Waals surface area contributed by atoms with E-state index in [0.29, 0.717) is 6.54 Å². The van der Waals surface area contributed by atoms with E-state index in [4.69, 9.17) is 5.41 Å². The average Bonchev–Trinajstić information content (AvgIpc) is 3.10. The molecule has 2 aromatic rings. The van der Waals surface area contributed by atoms with Crippen LogP contribution in [0.3, 0.4) is 0 Å². The molecule has 138 valence electrons. The van der Waals surface area contributed by atoms with Crippen molar-refractivity contribution in [1.29, 1.82) is 5.41 Å². The number of carbonyl (C=O) groups is 1. The van der Waals surface area contributed by atoms with Crippen molar-refractivity contribution in [3.8, 4) is 0 Å². The van der Waals surface area contributed by atoms with E-state index in [1.165, 1.54) is 17.3 Å². The zero-order chi connectivity index (χ0) is 18.5. The van der Waals surface area contributed by atoms with Gasteiger partial charge in [-0.05, 0) is 30.7 Å². The van der Waals surface area contributed by atoms with E-state index < -0.39 is 0 Å². The highest BCUT2D eigenvalue weighted by molar-refractivity contribution is 5.92. The quantitative estimate of drug-likeness (QED) is 0.603. The van der Waals surface area contributed by atoms with Gasteiger partial charge in [0.1, 0.15) is 0 Å². The Morgan fingerprint density at radius 3 is 3.04 bits per heavy atom. The molecule has 2 heterocycles. The fraction of sp³-hybridized carbons (Fsp3) is 0.400. The van der Waals surface area contributed by atoms with E-state index in [2.05, 4.69) is 44.8 Å². The molecule has 26 heavy (non-hydrogen) atoms. The summed E-state index contributed by atoms with van der Waals surface area (Å²) in [5, 5.41) is 15.1. The number of piperazine rings is 1. The van der Waals surface area contributed by atoms with Crippen LogP contribution < -0.4 is 15.5 Å². The van der Waals surface area contributed by atoms with Gasteiger partial charge in [0.15, 0.2) is 0 Å². The number of fused-ring (bicyclic) bond motifs is 1. The second kappa shape index (κ2) is 8.08. The Morgan fingerprint density at radius 1 is 1.42 bits per heavy atom. The summed E-state index contributed by atoms with van der Waals surface area (Å²) in [6.45, 7) is 6.05. The fourth-order valence-electron chi connectivity index (χ4n) is 3.36. The summed E-state index contributed by atoms with van der Waals surface area (Å²) < 4.78 is 0. The first-order valence-corrected chi connectivity index (χ1v) is 9.13. The number of H-pyrrole nitrogens is 1. The van der Waals surface area contributed by atoms with Gasteiger partial charge in [0, 0.05) is 59.7 Å². The van der Waals surface area contributed by atoms with Crippen LogP contribution in [0.2, 0.25) is 0 Å². The van der Waals surface area contributed by atoms with Crippen LogP contribution in [-0.2, 0) is 4.79 Å². The first-order valence-electron chi connectivity index (χ1n) is 9.13. The lowest BCUT2D eigenvalue weighted by atomic mass is 10.1. The third-order valence-electron chi connectivity index (χ3n) is 4.71. The summed E-state index contributed by atoms with van der Waals surface area (Å²) in [7, 11) is 0. The maximum atomic E-state index is 11.8. The number of nitrogens with zero attached hydrogens (tertiary/aromatic N) is 1. The molecule has 6 heteroatoms. The summed E-state index contributed by atoms with van der Waals surface area (Å²) in [5.74, 6) is 0.0930. The van der Waals surface area contributed by atoms with Gasteiger partial charge in [-0.3, -0.25) is 4.79 Å². The van der Waals surface area contributed by atoms with Crippen molar-refractivity contribution in [2.45, 2.75) is 26.3 Å². The highest BCUT2D eigenvalue weighted by Crippen LogP contribution is 2.28. The molecule has 1 amide bonds. The zero-order valence-corrected chi connectivity index (χ0v) is 15.4. The first kappa shape index (κ1) is 18.0. The van der Waals surface area contributed by atoms with Crippen LogP contribution in [0.4, 0.5) is 5.69 Å². The van der Waals surface area contributed by atoms with Crippen LogP contribution in [0.15, 0.2) is 42.2 Å². The topological polar surface area (TPSA) is 84.0 Å². The van der Waals surface area contributed by atoms with Gasteiger partial charge in [0.05, 0.1) is 6.54 Å². The lowest BCUT2D eigenvalue weighted by Crippen LogP contribution is -2.50. The van der Waals surface area contributed by atoms with Crippen LogP contribution in [0.25, 0.3) is 10.9 Å². The maximum Gasteiger partial charge on any atom is 0.222 e. The number of benzene rings is 1. The van der Waals surface area contributed by atoms with Crippen molar-refractivity contribution in [1.82, 2.24) is 15.6 Å². The number of anilines is 1. The Kier molecular flexibility index (Phi) is 5.61. The van der Waals surface area contributed by atoms with E-state index in [-0.39, 0.29) is 17.9 Å². The number of hydrogen-bond acceptors (Lipinski definition) is 4. The summed E-state index contributed by atoms with van der Waals surface area (Å²) in [5.41, 5.74) is 3.34. The molecule has 1 unspecified atom stereocenters. The third-order valence-corrected chi connectivity index (χ3v) is 4.71. The van der Waals surface area contributed by atoms with Crippen LogP contribution in [0.1, 0.15) is 20.3 Å². The number of nitrogens with one attached hydrogen (secondary N) is 4. The summed E-state index contributed by atoms with van der Waals surface area (Å²) in [4.78, 5) is 17.4. The van der Waals surface area contributed by atoms with Crippen molar-refractivity contribution < 1.29 is 4.79 Å². The van der Waals surface area contributed by atoms with E-state index in [1.807, 2.05) is 26.1 Å². The van der Waals surface area contributed by atoms with E-state index in [1.54, 1.807) is 0 Å². The fourth-order valence-corrected chi connectivity index (χ4v) is 3.36. The Hall–Kier alpha value is -2.76. The van der Waals surface area contributed by atoms with Gasteiger partial charge in [-0.1, -0.05) is 19.9 Å². The van der Waals surface area contributed by atoms with Crippen molar-refractivity contribution in [3.63, 3.8) is 0 Å². The molecule has 1 aliphatic rings. The van der Waals surface area contributed by atoms with E-state index in [9.17, 15) is 4.79 Å². The second-order valence-corrected chi connectivity index (χ2v) is 7.03. The van der Waals surface area contributed by atoms with Crippen molar-refractivity contribution in [3.05, 3.63) is 42.2 Å². The SMILES string of the molecule is CC(C)C(=O)NCCC1CN(c2cccc3[nH]ccc23)C/C(=C/C=N)N1. The molecule has 0 bridgehead atoms. The lowest BCUT2D eigenvalue weighted by Gasteiger charge is -2.38. The molecular weight excluding hydrogens is 326 g/mol. The summed E-state index contributed by atoms with van der Waals surface area (Å²) in [6, 6.07) is 8.60. The number of aromatic amines is 1. The summed E-state index contributed by atoms with van der Waals surface area (Å²) >= 11 is 0. The Labute approximate surface area is 154 Å². The second-order valence-electron chi connectivity index (χ2n) is 7.03. The van der Waals surface area contributed by atoms with E-state index >= 15 is 0 Å². The van der Waals surface area contributed by atoms with E-state index in [0.717, 1.165) is 30.7 Å². The number of allylic oxidation sites excluding steroid dienone is 1. The molecule has 0 spiro atoms. The molecule has 4 N–H and O–H groups in total. The standard InChI is InChI=1S/C20H27N5O/c1-14(2)20(26)23-10-7-16-13-25(12-15(24-16)6-9-21)19-5-3-4-18-17(19)8-11-22-18/h3-6,8-9,11,14,16,21-22,24H,7,10,12-13H2,1-2H3,(H,23,26)/b15-6-,21-9?. The Bertz CT molecular complexity index is 807. The average molecular weight is 353 g/mol. The van der Waals surface area contributed by atoms with Crippen LogP contribution >= 0.6 is 0 Å². The number of carbonyl (C=O) groups excluding carboxylic acids is 1. The molecule has 0 aliphatic carbocycles.